The number of aromatic nitrogens is 1. The minimum atomic E-state index is -1.15. The molecular weight excluding hydrogens is 288 g/mol. The molecule has 1 aliphatic rings. The van der Waals surface area contributed by atoms with Crippen molar-refractivity contribution in [1.82, 2.24) is 4.98 Å². The van der Waals surface area contributed by atoms with E-state index in [1.54, 1.807) is 23.5 Å². The van der Waals surface area contributed by atoms with Crippen molar-refractivity contribution in [2.24, 2.45) is 0 Å². The van der Waals surface area contributed by atoms with E-state index in [4.69, 9.17) is 5.11 Å². The van der Waals surface area contributed by atoms with Crippen LogP contribution in [-0.4, -0.2) is 22.0 Å². The molecule has 1 amide bonds. The number of carbonyl (C=O) groups is 2. The smallest absolute Gasteiger partial charge is 0.356 e. The van der Waals surface area contributed by atoms with Crippen LogP contribution in [0, 0.1) is 0 Å². The van der Waals surface area contributed by atoms with Gasteiger partial charge in [-0.1, -0.05) is 0 Å². The lowest BCUT2D eigenvalue weighted by atomic mass is 9.87. The zero-order chi connectivity index (χ0) is 14.8. The van der Waals surface area contributed by atoms with Gasteiger partial charge in [-0.3, -0.25) is 4.79 Å². The fourth-order valence-electron chi connectivity index (χ4n) is 2.66. The van der Waals surface area contributed by atoms with Crippen LogP contribution in [0.3, 0.4) is 0 Å². The monoisotopic (exact) mass is 302 g/mol. The number of aromatic carboxylic acids is 1. The minimum absolute atomic E-state index is 0.132. The van der Waals surface area contributed by atoms with Crippen molar-refractivity contribution in [1.29, 1.82) is 0 Å². The first-order valence-electron chi connectivity index (χ1n) is 6.72. The average molecular weight is 302 g/mol. The van der Waals surface area contributed by atoms with Crippen molar-refractivity contribution in [3.8, 4) is 0 Å². The number of pyridine rings is 1. The molecule has 0 aromatic carbocycles. The van der Waals surface area contributed by atoms with Crippen molar-refractivity contribution in [2.45, 2.75) is 25.2 Å². The highest BCUT2D eigenvalue weighted by Crippen LogP contribution is 2.35. The number of fused-ring (bicyclic) bond motifs is 1. The molecule has 0 fully saturated rings. The van der Waals surface area contributed by atoms with E-state index in [1.165, 1.54) is 11.1 Å². The van der Waals surface area contributed by atoms with Gasteiger partial charge in [-0.25, -0.2) is 9.78 Å². The lowest BCUT2D eigenvalue weighted by Crippen LogP contribution is -2.25. The van der Waals surface area contributed by atoms with Crippen LogP contribution in [0.1, 0.15) is 39.7 Å². The third-order valence-electron chi connectivity index (χ3n) is 3.64. The second-order valence-electron chi connectivity index (χ2n) is 4.94. The SMILES string of the molecule is O=C(O)c1ncccc1NC(=O)C1CCCc2sccc21. The van der Waals surface area contributed by atoms with Gasteiger partial charge in [0.25, 0.3) is 0 Å². The third kappa shape index (κ3) is 2.67. The number of carboxylic acids is 1. The minimum Gasteiger partial charge on any atom is -0.476 e. The summed E-state index contributed by atoms with van der Waals surface area (Å²) in [6, 6.07) is 5.16. The fraction of sp³-hybridized carbons (Fsp3) is 0.267. The van der Waals surface area contributed by atoms with Crippen LogP contribution >= 0.6 is 11.3 Å². The van der Waals surface area contributed by atoms with Crippen molar-refractivity contribution in [2.75, 3.05) is 5.32 Å². The summed E-state index contributed by atoms with van der Waals surface area (Å²) in [5.41, 5.74) is 1.19. The quantitative estimate of drug-likeness (QED) is 0.913. The van der Waals surface area contributed by atoms with Gasteiger partial charge >= 0.3 is 5.97 Å². The molecule has 0 spiro atoms. The Bertz CT molecular complexity index is 696. The molecule has 0 radical (unpaired) electrons. The number of nitrogens with one attached hydrogen (secondary N) is 1. The summed E-state index contributed by atoms with van der Waals surface area (Å²) in [4.78, 5) is 28.7. The molecule has 0 saturated heterocycles. The van der Waals surface area contributed by atoms with E-state index < -0.39 is 5.97 Å². The third-order valence-corrected chi connectivity index (χ3v) is 4.63. The van der Waals surface area contributed by atoms with Gasteiger partial charge in [0.05, 0.1) is 11.6 Å². The van der Waals surface area contributed by atoms with Gasteiger partial charge in [-0.15, -0.1) is 11.3 Å². The van der Waals surface area contributed by atoms with Crippen LogP contribution in [0.4, 0.5) is 5.69 Å². The maximum Gasteiger partial charge on any atom is 0.356 e. The zero-order valence-corrected chi connectivity index (χ0v) is 12.0. The van der Waals surface area contributed by atoms with Crippen molar-refractivity contribution >= 4 is 28.9 Å². The molecule has 1 aliphatic carbocycles. The van der Waals surface area contributed by atoms with Gasteiger partial charge in [0, 0.05) is 11.1 Å². The highest BCUT2D eigenvalue weighted by molar-refractivity contribution is 7.10. The number of nitrogens with zero attached hydrogens (tertiary/aromatic N) is 1. The average Bonchev–Trinajstić information content (AvgIpc) is 2.95. The molecule has 2 aromatic heterocycles. The first-order chi connectivity index (χ1) is 10.2. The summed E-state index contributed by atoms with van der Waals surface area (Å²) < 4.78 is 0. The lowest BCUT2D eigenvalue weighted by Gasteiger charge is -2.22. The van der Waals surface area contributed by atoms with E-state index >= 15 is 0 Å². The molecule has 2 heterocycles. The van der Waals surface area contributed by atoms with E-state index in [2.05, 4.69) is 10.3 Å². The summed E-state index contributed by atoms with van der Waals surface area (Å²) in [5.74, 6) is -1.52. The van der Waals surface area contributed by atoms with Gasteiger partial charge < -0.3 is 10.4 Å². The number of carbonyl (C=O) groups excluding carboxylic acids is 1. The Labute approximate surface area is 125 Å². The van der Waals surface area contributed by atoms with Gasteiger partial charge in [0.2, 0.25) is 5.91 Å². The van der Waals surface area contributed by atoms with Crippen LogP contribution in [0.2, 0.25) is 0 Å². The first-order valence-corrected chi connectivity index (χ1v) is 7.60. The Hall–Kier alpha value is -2.21. The van der Waals surface area contributed by atoms with Crippen LogP contribution in [0.25, 0.3) is 0 Å². The fourth-order valence-corrected chi connectivity index (χ4v) is 3.64. The number of hydrogen-bond acceptors (Lipinski definition) is 4. The Balaban J connectivity index is 1.84. The van der Waals surface area contributed by atoms with Crippen LogP contribution < -0.4 is 5.32 Å². The number of rotatable bonds is 3. The molecule has 0 saturated carbocycles. The highest BCUT2D eigenvalue weighted by atomic mass is 32.1. The van der Waals surface area contributed by atoms with Crippen molar-refractivity contribution < 1.29 is 14.7 Å². The van der Waals surface area contributed by atoms with E-state index in [9.17, 15) is 9.59 Å². The molecule has 5 nitrogen and oxygen atoms in total. The van der Waals surface area contributed by atoms with Gasteiger partial charge in [-0.05, 0) is 48.4 Å². The molecule has 21 heavy (non-hydrogen) atoms. The van der Waals surface area contributed by atoms with Gasteiger partial charge in [0.1, 0.15) is 0 Å². The second kappa shape index (κ2) is 5.65. The maximum atomic E-state index is 12.5. The van der Waals surface area contributed by atoms with Crippen molar-refractivity contribution in [3.63, 3.8) is 0 Å². The van der Waals surface area contributed by atoms with Crippen LogP contribution in [0.5, 0.6) is 0 Å². The first kappa shape index (κ1) is 13.8. The topological polar surface area (TPSA) is 79.3 Å². The molecule has 108 valence electrons. The number of aryl methyl sites for hydroxylation is 1. The molecule has 2 aromatic rings. The van der Waals surface area contributed by atoms with Crippen molar-refractivity contribution in [3.05, 3.63) is 45.9 Å². The summed E-state index contributed by atoms with van der Waals surface area (Å²) >= 11 is 1.67. The molecule has 0 bridgehead atoms. The Morgan fingerprint density at radius 1 is 1.38 bits per heavy atom. The van der Waals surface area contributed by atoms with Crippen LogP contribution in [-0.2, 0) is 11.2 Å². The summed E-state index contributed by atoms with van der Waals surface area (Å²) in [5, 5.41) is 13.8. The number of thiophene rings is 1. The van der Waals surface area contributed by atoms with Gasteiger partial charge in [-0.2, -0.15) is 0 Å². The summed E-state index contributed by atoms with van der Waals surface area (Å²) in [7, 11) is 0. The predicted molar refractivity (Wildman–Crippen MR) is 79.8 cm³/mol. The highest BCUT2D eigenvalue weighted by Gasteiger charge is 2.28. The summed E-state index contributed by atoms with van der Waals surface area (Å²) in [6.45, 7) is 0. The Kier molecular flexibility index (Phi) is 3.70. The van der Waals surface area contributed by atoms with Crippen LogP contribution in [0.15, 0.2) is 29.8 Å². The molecule has 2 N–H and O–H groups in total. The maximum absolute atomic E-state index is 12.5. The molecular formula is C15H14N2O3S. The number of anilines is 1. The second-order valence-corrected chi connectivity index (χ2v) is 5.94. The number of amides is 1. The number of carboxylic acid groups (broad SMARTS) is 1. The summed E-state index contributed by atoms with van der Waals surface area (Å²) in [6.07, 6.45) is 4.18. The zero-order valence-electron chi connectivity index (χ0n) is 11.2. The standard InChI is InChI=1S/C15H14N2O3S/c18-14(10-3-1-5-12-9(10)6-8-21-12)17-11-4-2-7-16-13(11)15(19)20/h2,4,6-8,10H,1,3,5H2,(H,17,18)(H,19,20). The molecule has 1 unspecified atom stereocenters. The molecule has 0 aliphatic heterocycles. The van der Waals surface area contributed by atoms with E-state index in [1.807, 2.05) is 11.4 Å². The van der Waals surface area contributed by atoms with E-state index in [-0.39, 0.29) is 23.2 Å². The largest absolute Gasteiger partial charge is 0.476 e. The molecule has 1 atom stereocenters. The Morgan fingerprint density at radius 2 is 2.24 bits per heavy atom. The molecule has 3 rings (SSSR count). The predicted octanol–water partition coefficient (Wildman–Crippen LogP) is 2.90. The van der Waals surface area contributed by atoms with E-state index in [0.717, 1.165) is 24.8 Å². The normalized spacial score (nSPS) is 17.0. The lowest BCUT2D eigenvalue weighted by molar-refractivity contribution is -0.117. The molecule has 6 heteroatoms. The Morgan fingerprint density at radius 3 is 3.05 bits per heavy atom. The van der Waals surface area contributed by atoms with E-state index in [0.29, 0.717) is 0 Å². The number of hydrogen-bond donors (Lipinski definition) is 2. The van der Waals surface area contributed by atoms with Gasteiger partial charge in [0.15, 0.2) is 5.69 Å².